The zero-order valence-electron chi connectivity index (χ0n) is 17.9. The van der Waals surface area contributed by atoms with Crippen LogP contribution in [0, 0.1) is 0 Å². The molecule has 0 saturated carbocycles. The maximum absolute atomic E-state index is 13.0. The lowest BCUT2D eigenvalue weighted by atomic mass is 9.92. The summed E-state index contributed by atoms with van der Waals surface area (Å²) >= 11 is 0. The Hall–Kier alpha value is -3.75. The minimum absolute atomic E-state index is 0.151. The maximum atomic E-state index is 13.0. The number of nitrogens with zero attached hydrogens (tertiary/aromatic N) is 1. The van der Waals surface area contributed by atoms with Crippen LogP contribution >= 0.6 is 0 Å². The monoisotopic (exact) mass is 427 g/mol. The van der Waals surface area contributed by atoms with Gasteiger partial charge in [-0.05, 0) is 42.8 Å². The Morgan fingerprint density at radius 3 is 2.26 bits per heavy atom. The molecule has 0 aliphatic carbocycles. The standard InChI is InChI=1S/C22H25N3O6/c1-22(15-5-7-16(29-2)8-6-15)20(27)25(21(28)24-22)13-19(26)23-12-14-11-17(30-3)9-10-18(14)31-4/h5-11H,12-13H2,1-4H3,(H,23,26)(H,24,28)/t22-/m1/s1. The van der Waals surface area contributed by atoms with Gasteiger partial charge in [0.15, 0.2) is 0 Å². The Balaban J connectivity index is 1.67. The van der Waals surface area contributed by atoms with Crippen molar-refractivity contribution in [2.75, 3.05) is 27.9 Å². The van der Waals surface area contributed by atoms with Crippen molar-refractivity contribution < 1.29 is 28.6 Å². The molecule has 0 aromatic heterocycles. The normalized spacial score (nSPS) is 17.9. The van der Waals surface area contributed by atoms with Crippen LogP contribution in [0.4, 0.5) is 4.79 Å². The molecule has 1 aliphatic rings. The molecule has 2 aromatic carbocycles. The first kappa shape index (κ1) is 21.9. The number of hydrogen-bond acceptors (Lipinski definition) is 6. The number of urea groups is 1. The van der Waals surface area contributed by atoms with E-state index in [0.29, 0.717) is 28.4 Å². The minimum Gasteiger partial charge on any atom is -0.497 e. The van der Waals surface area contributed by atoms with Gasteiger partial charge in [0.05, 0.1) is 21.3 Å². The van der Waals surface area contributed by atoms with Crippen molar-refractivity contribution in [3.63, 3.8) is 0 Å². The number of hydrogen-bond donors (Lipinski definition) is 2. The van der Waals surface area contributed by atoms with E-state index in [-0.39, 0.29) is 6.54 Å². The van der Waals surface area contributed by atoms with Gasteiger partial charge in [-0.15, -0.1) is 0 Å². The molecule has 31 heavy (non-hydrogen) atoms. The van der Waals surface area contributed by atoms with Crippen LogP contribution in [-0.4, -0.2) is 50.6 Å². The van der Waals surface area contributed by atoms with Crippen molar-refractivity contribution in [3.05, 3.63) is 53.6 Å². The molecule has 2 N–H and O–H groups in total. The first-order valence-electron chi connectivity index (χ1n) is 9.58. The van der Waals surface area contributed by atoms with Crippen molar-refractivity contribution >= 4 is 17.8 Å². The van der Waals surface area contributed by atoms with E-state index in [2.05, 4.69) is 10.6 Å². The summed E-state index contributed by atoms with van der Waals surface area (Å²) in [5.41, 5.74) is 0.0331. The van der Waals surface area contributed by atoms with E-state index in [9.17, 15) is 14.4 Å². The minimum atomic E-state index is -1.26. The summed E-state index contributed by atoms with van der Waals surface area (Å²) in [5.74, 6) is 0.857. The number of imide groups is 1. The van der Waals surface area contributed by atoms with E-state index in [1.165, 1.54) is 7.11 Å². The van der Waals surface area contributed by atoms with Crippen molar-refractivity contribution in [2.24, 2.45) is 0 Å². The van der Waals surface area contributed by atoms with Crippen LogP contribution in [0.2, 0.25) is 0 Å². The highest BCUT2D eigenvalue weighted by atomic mass is 16.5. The lowest BCUT2D eigenvalue weighted by Crippen LogP contribution is -2.43. The van der Waals surface area contributed by atoms with Crippen LogP contribution in [0.3, 0.4) is 0 Å². The molecule has 1 aliphatic heterocycles. The zero-order valence-corrected chi connectivity index (χ0v) is 17.9. The Morgan fingerprint density at radius 2 is 1.65 bits per heavy atom. The Bertz CT molecular complexity index is 991. The predicted molar refractivity (Wildman–Crippen MR) is 112 cm³/mol. The molecule has 1 atom stereocenters. The second-order valence-corrected chi connectivity index (χ2v) is 7.13. The number of methoxy groups -OCH3 is 3. The van der Waals surface area contributed by atoms with Crippen LogP contribution in [0.25, 0.3) is 0 Å². The fourth-order valence-corrected chi connectivity index (χ4v) is 3.37. The van der Waals surface area contributed by atoms with Crippen LogP contribution < -0.4 is 24.8 Å². The Kier molecular flexibility index (Phi) is 6.33. The van der Waals surface area contributed by atoms with Crippen LogP contribution in [0.1, 0.15) is 18.1 Å². The van der Waals surface area contributed by atoms with Crippen LogP contribution in [0.5, 0.6) is 17.2 Å². The molecule has 9 heteroatoms. The number of amides is 4. The number of carbonyl (C=O) groups is 3. The van der Waals surface area contributed by atoms with Gasteiger partial charge in [0.25, 0.3) is 5.91 Å². The quantitative estimate of drug-likeness (QED) is 0.623. The smallest absolute Gasteiger partial charge is 0.325 e. The van der Waals surface area contributed by atoms with Gasteiger partial charge in [-0.25, -0.2) is 4.79 Å². The van der Waals surface area contributed by atoms with Crippen molar-refractivity contribution in [3.8, 4) is 17.2 Å². The van der Waals surface area contributed by atoms with E-state index in [0.717, 1.165) is 4.90 Å². The van der Waals surface area contributed by atoms with Gasteiger partial charge < -0.3 is 24.8 Å². The molecule has 0 spiro atoms. The highest BCUT2D eigenvalue weighted by Gasteiger charge is 2.49. The lowest BCUT2D eigenvalue weighted by Gasteiger charge is -2.22. The number of nitrogens with one attached hydrogen (secondary N) is 2. The average Bonchev–Trinajstić information content (AvgIpc) is 3.01. The summed E-state index contributed by atoms with van der Waals surface area (Å²) < 4.78 is 15.6. The third kappa shape index (κ3) is 4.40. The highest BCUT2D eigenvalue weighted by molar-refractivity contribution is 6.09. The summed E-state index contributed by atoms with van der Waals surface area (Å²) in [4.78, 5) is 38.8. The van der Waals surface area contributed by atoms with Gasteiger partial charge >= 0.3 is 6.03 Å². The van der Waals surface area contributed by atoms with E-state index in [1.54, 1.807) is 63.6 Å². The molecule has 2 aromatic rings. The largest absolute Gasteiger partial charge is 0.497 e. The van der Waals surface area contributed by atoms with Crippen molar-refractivity contribution in [1.29, 1.82) is 0 Å². The third-order valence-corrected chi connectivity index (χ3v) is 5.21. The van der Waals surface area contributed by atoms with Crippen molar-refractivity contribution in [2.45, 2.75) is 19.0 Å². The number of carbonyl (C=O) groups excluding carboxylic acids is 3. The molecular weight excluding hydrogens is 402 g/mol. The van der Waals surface area contributed by atoms with Gasteiger partial charge in [-0.1, -0.05) is 12.1 Å². The first-order valence-corrected chi connectivity index (χ1v) is 9.58. The first-order chi connectivity index (χ1) is 14.8. The van der Waals surface area contributed by atoms with Crippen molar-refractivity contribution in [1.82, 2.24) is 15.5 Å². The fraction of sp³-hybridized carbons (Fsp3) is 0.318. The third-order valence-electron chi connectivity index (χ3n) is 5.21. The molecule has 1 heterocycles. The summed E-state index contributed by atoms with van der Waals surface area (Å²) in [6, 6.07) is 11.4. The maximum Gasteiger partial charge on any atom is 0.325 e. The van der Waals surface area contributed by atoms with Crippen LogP contribution in [-0.2, 0) is 21.7 Å². The van der Waals surface area contributed by atoms with Gasteiger partial charge in [-0.3, -0.25) is 14.5 Å². The Labute approximate surface area is 180 Å². The topological polar surface area (TPSA) is 106 Å². The van der Waals surface area contributed by atoms with E-state index < -0.39 is 29.9 Å². The second-order valence-electron chi connectivity index (χ2n) is 7.13. The summed E-state index contributed by atoms with van der Waals surface area (Å²) in [6.07, 6.45) is 0. The predicted octanol–water partition coefficient (Wildman–Crippen LogP) is 1.80. The molecule has 0 unspecified atom stereocenters. The van der Waals surface area contributed by atoms with Gasteiger partial charge in [0, 0.05) is 12.1 Å². The molecule has 3 rings (SSSR count). The molecule has 0 bridgehead atoms. The molecule has 4 amide bonds. The van der Waals surface area contributed by atoms with E-state index >= 15 is 0 Å². The van der Waals surface area contributed by atoms with Gasteiger partial charge in [-0.2, -0.15) is 0 Å². The number of rotatable bonds is 8. The Morgan fingerprint density at radius 1 is 1.00 bits per heavy atom. The molecule has 9 nitrogen and oxygen atoms in total. The lowest BCUT2D eigenvalue weighted by molar-refractivity contribution is -0.134. The molecule has 164 valence electrons. The molecule has 0 radical (unpaired) electrons. The average molecular weight is 427 g/mol. The second kappa shape index (κ2) is 8.95. The number of ether oxygens (including phenoxy) is 3. The van der Waals surface area contributed by atoms with E-state index in [4.69, 9.17) is 14.2 Å². The number of benzene rings is 2. The SMILES string of the molecule is COc1ccc([C@@]2(C)NC(=O)N(CC(=O)NCc3cc(OC)ccc3OC)C2=O)cc1. The highest BCUT2D eigenvalue weighted by Crippen LogP contribution is 2.30. The van der Waals surface area contributed by atoms with Crippen LogP contribution in [0.15, 0.2) is 42.5 Å². The van der Waals surface area contributed by atoms with E-state index in [1.807, 2.05) is 0 Å². The summed E-state index contributed by atoms with van der Waals surface area (Å²) in [5, 5.41) is 5.39. The molecule has 1 saturated heterocycles. The fourth-order valence-electron chi connectivity index (χ4n) is 3.37. The van der Waals surface area contributed by atoms with Gasteiger partial charge in [0.1, 0.15) is 29.3 Å². The summed E-state index contributed by atoms with van der Waals surface area (Å²) in [7, 11) is 4.61. The molecular formula is C22H25N3O6. The zero-order chi connectivity index (χ0) is 22.6. The summed E-state index contributed by atoms with van der Waals surface area (Å²) in [6.45, 7) is 1.36. The van der Waals surface area contributed by atoms with Gasteiger partial charge in [0.2, 0.25) is 5.91 Å². The molecule has 1 fully saturated rings.